The molecule has 0 aliphatic heterocycles. The Hall–Kier alpha value is -2.64. The van der Waals surface area contributed by atoms with Crippen molar-refractivity contribution in [2.45, 2.75) is 11.1 Å². The summed E-state index contributed by atoms with van der Waals surface area (Å²) in [5, 5.41) is 3.49. The molecular formula is C12H8F8N4OS. The normalized spacial score (nSPS) is 15.7. The number of carbonyl (C=O) groups is 1. The van der Waals surface area contributed by atoms with E-state index in [1.165, 1.54) is 0 Å². The number of primary amides is 1. The fraction of sp³-hybridized carbons (Fsp3) is 0.0833. The largest absolute Gasteiger partial charge is 0.416 e. The van der Waals surface area contributed by atoms with Crippen LogP contribution in [0.15, 0.2) is 35.5 Å². The third kappa shape index (κ3) is 4.71. The lowest BCUT2D eigenvalue weighted by Gasteiger charge is -2.40. The van der Waals surface area contributed by atoms with Crippen molar-refractivity contribution in [2.75, 3.05) is 0 Å². The molecule has 2 N–H and O–H groups in total. The lowest BCUT2D eigenvalue weighted by atomic mass is 10.1. The fourth-order valence-corrected chi connectivity index (χ4v) is 2.44. The quantitative estimate of drug-likeness (QED) is 0.595. The van der Waals surface area contributed by atoms with Gasteiger partial charge in [0.25, 0.3) is 0 Å². The molecule has 0 atom stereocenters. The number of carbonyl (C=O) groups excluding carboxylic acids is 1. The Balaban J connectivity index is 2.65. The second-order valence-corrected chi connectivity index (χ2v) is 7.39. The van der Waals surface area contributed by atoms with Gasteiger partial charge in [0.1, 0.15) is 11.2 Å². The first-order valence-electron chi connectivity index (χ1n) is 6.31. The Morgan fingerprint density at radius 3 is 2.23 bits per heavy atom. The number of halogens is 8. The molecule has 1 heterocycles. The highest BCUT2D eigenvalue weighted by Gasteiger charge is 2.66. The first kappa shape index (κ1) is 19.7. The van der Waals surface area contributed by atoms with Gasteiger partial charge >= 0.3 is 16.4 Å². The van der Waals surface area contributed by atoms with E-state index in [1.54, 1.807) is 0 Å². The highest BCUT2D eigenvalue weighted by Crippen LogP contribution is 3.02. The topological polar surface area (TPSA) is 73.8 Å². The highest BCUT2D eigenvalue weighted by atomic mass is 32.5. The van der Waals surface area contributed by atoms with Gasteiger partial charge in [0.15, 0.2) is 5.82 Å². The number of alkyl halides is 3. The standard InChI is InChI=1S/C12H8F8N4OS/c13-12(14,15)8-3-7(4-9(5-8)26(16,17,18,19)20)11-22-6-24(23-11)2-1-10(21)25/h1-6H,(H2,21,25)/b2-1+. The molecule has 2 rings (SSSR count). The van der Waals surface area contributed by atoms with Crippen molar-refractivity contribution in [1.82, 2.24) is 14.8 Å². The molecule has 1 amide bonds. The number of hydrogen-bond donors (Lipinski definition) is 1. The molecule has 0 spiro atoms. The van der Waals surface area contributed by atoms with Crippen LogP contribution < -0.4 is 5.73 Å². The van der Waals surface area contributed by atoms with Crippen LogP contribution in [0.25, 0.3) is 17.6 Å². The number of aromatic nitrogens is 3. The van der Waals surface area contributed by atoms with Crippen molar-refractivity contribution in [1.29, 1.82) is 0 Å². The number of amides is 1. The van der Waals surface area contributed by atoms with Gasteiger partial charge in [-0.15, -0.1) is 5.10 Å². The Bertz CT molecular complexity index is 901. The van der Waals surface area contributed by atoms with Gasteiger partial charge in [-0.3, -0.25) is 4.79 Å². The molecule has 0 bridgehead atoms. The minimum absolute atomic E-state index is 0.172. The van der Waals surface area contributed by atoms with Gasteiger partial charge in [-0.1, -0.05) is 19.4 Å². The molecule has 0 fully saturated rings. The third-order valence-corrected chi connectivity index (χ3v) is 3.96. The first-order chi connectivity index (χ1) is 11.5. The van der Waals surface area contributed by atoms with E-state index >= 15 is 0 Å². The summed E-state index contributed by atoms with van der Waals surface area (Å²) in [4.78, 5) is 11.3. The van der Waals surface area contributed by atoms with E-state index in [0.717, 1.165) is 23.3 Å². The molecular weight excluding hydrogens is 400 g/mol. The first-order valence-corrected chi connectivity index (χ1v) is 8.26. The summed E-state index contributed by atoms with van der Waals surface area (Å²) in [6, 6.07) is -0.645. The van der Waals surface area contributed by atoms with E-state index < -0.39 is 50.2 Å². The van der Waals surface area contributed by atoms with Crippen LogP contribution in [0.4, 0.5) is 32.6 Å². The number of benzene rings is 1. The zero-order valence-corrected chi connectivity index (χ0v) is 13.0. The summed E-state index contributed by atoms with van der Waals surface area (Å²) in [6.45, 7) is 0. The van der Waals surface area contributed by atoms with Crippen LogP contribution in [0, 0.1) is 0 Å². The van der Waals surface area contributed by atoms with Gasteiger partial charge in [0, 0.05) is 17.8 Å². The smallest absolute Gasteiger partial charge is 0.366 e. The Morgan fingerprint density at radius 1 is 1.12 bits per heavy atom. The number of rotatable bonds is 4. The SMILES string of the molecule is NC(=O)/C=C/n1cnc(-c2cc(C(F)(F)F)cc(S(F)(F)(F)(F)F)c2)n1. The molecule has 14 heteroatoms. The summed E-state index contributed by atoms with van der Waals surface area (Å²) in [5.41, 5.74) is 1.93. The number of nitrogens with zero attached hydrogens (tertiary/aromatic N) is 3. The van der Waals surface area contributed by atoms with Crippen LogP contribution in [0.5, 0.6) is 0 Å². The molecule has 0 saturated carbocycles. The Kier molecular flexibility index (Phi) is 3.92. The van der Waals surface area contributed by atoms with Crippen molar-refractivity contribution in [3.05, 3.63) is 36.2 Å². The molecule has 1 aromatic heterocycles. The van der Waals surface area contributed by atoms with E-state index in [9.17, 15) is 37.4 Å². The van der Waals surface area contributed by atoms with Crippen LogP contribution in [0.2, 0.25) is 0 Å². The van der Waals surface area contributed by atoms with E-state index in [-0.39, 0.29) is 12.1 Å². The fourth-order valence-electron chi connectivity index (χ4n) is 1.74. The molecule has 0 saturated heterocycles. The van der Waals surface area contributed by atoms with Gasteiger partial charge in [-0.05, 0) is 18.2 Å². The zero-order chi connectivity index (χ0) is 20.0. The predicted octanol–water partition coefficient (Wildman–Crippen LogP) is 4.58. The van der Waals surface area contributed by atoms with Crippen molar-refractivity contribution in [2.24, 2.45) is 5.73 Å². The minimum Gasteiger partial charge on any atom is -0.366 e. The third-order valence-electron chi connectivity index (χ3n) is 2.84. The van der Waals surface area contributed by atoms with Crippen LogP contribution in [-0.2, 0) is 11.0 Å². The minimum atomic E-state index is -10.4. The molecule has 0 radical (unpaired) electrons. The molecule has 0 aliphatic rings. The summed E-state index contributed by atoms with van der Waals surface area (Å²) in [7, 11) is -10.4. The van der Waals surface area contributed by atoms with E-state index in [2.05, 4.69) is 10.1 Å². The molecule has 1 aromatic carbocycles. The average Bonchev–Trinajstić information content (AvgIpc) is 2.90. The summed E-state index contributed by atoms with van der Waals surface area (Å²) >= 11 is 0. The van der Waals surface area contributed by atoms with E-state index in [1.807, 2.05) is 0 Å². The van der Waals surface area contributed by atoms with Gasteiger partial charge in [0.05, 0.1) is 5.56 Å². The molecule has 2 aromatic rings. The van der Waals surface area contributed by atoms with Crippen molar-refractivity contribution >= 4 is 22.3 Å². The second-order valence-electron chi connectivity index (χ2n) is 4.98. The van der Waals surface area contributed by atoms with E-state index in [0.29, 0.717) is 0 Å². The molecule has 0 unspecified atom stereocenters. The van der Waals surface area contributed by atoms with Gasteiger partial charge in [-0.2, -0.15) is 13.2 Å². The summed E-state index contributed by atoms with van der Waals surface area (Å²) in [6.07, 6.45) is -2.79. The maximum absolute atomic E-state index is 13.0. The van der Waals surface area contributed by atoms with Crippen molar-refractivity contribution in [3.8, 4) is 11.4 Å². The highest BCUT2D eigenvalue weighted by molar-refractivity contribution is 8.45. The lowest BCUT2D eigenvalue weighted by molar-refractivity contribution is -0.137. The van der Waals surface area contributed by atoms with Crippen LogP contribution >= 0.6 is 10.2 Å². The van der Waals surface area contributed by atoms with Crippen LogP contribution in [0.3, 0.4) is 0 Å². The predicted molar refractivity (Wildman–Crippen MR) is 76.4 cm³/mol. The second kappa shape index (κ2) is 5.18. The zero-order valence-electron chi connectivity index (χ0n) is 12.2. The van der Waals surface area contributed by atoms with Crippen molar-refractivity contribution in [3.63, 3.8) is 0 Å². The van der Waals surface area contributed by atoms with Crippen molar-refractivity contribution < 1.29 is 37.4 Å². The monoisotopic (exact) mass is 408 g/mol. The summed E-state index contributed by atoms with van der Waals surface area (Å²) in [5.74, 6) is -1.61. The van der Waals surface area contributed by atoms with E-state index in [4.69, 9.17) is 5.73 Å². The summed E-state index contributed by atoms with van der Waals surface area (Å²) < 4.78 is 104. The molecule has 5 nitrogen and oxygen atoms in total. The Labute approximate surface area is 139 Å². The maximum atomic E-state index is 13.0. The molecule has 144 valence electrons. The average molecular weight is 408 g/mol. The van der Waals surface area contributed by atoms with Gasteiger partial charge in [-0.25, -0.2) is 9.67 Å². The number of nitrogens with two attached hydrogens (primary N) is 1. The van der Waals surface area contributed by atoms with Crippen LogP contribution in [-0.4, -0.2) is 20.7 Å². The number of hydrogen-bond acceptors (Lipinski definition) is 3. The molecule has 0 aliphatic carbocycles. The van der Waals surface area contributed by atoms with Gasteiger partial charge < -0.3 is 5.73 Å². The maximum Gasteiger partial charge on any atom is 0.416 e. The lowest BCUT2D eigenvalue weighted by Crippen LogP contribution is -2.11. The molecule has 26 heavy (non-hydrogen) atoms. The Morgan fingerprint density at radius 2 is 1.73 bits per heavy atom. The van der Waals surface area contributed by atoms with Crippen LogP contribution in [0.1, 0.15) is 5.56 Å². The van der Waals surface area contributed by atoms with Gasteiger partial charge in [0.2, 0.25) is 5.91 Å².